The number of hydrogen-bond donors (Lipinski definition) is 2. The Kier molecular flexibility index (Phi) is 4.83. The summed E-state index contributed by atoms with van der Waals surface area (Å²) in [7, 11) is 1.61. The third-order valence-corrected chi connectivity index (χ3v) is 5.24. The summed E-state index contributed by atoms with van der Waals surface area (Å²) < 4.78 is 5.20. The van der Waals surface area contributed by atoms with Crippen molar-refractivity contribution in [2.24, 2.45) is 0 Å². The van der Waals surface area contributed by atoms with Crippen LogP contribution in [0.4, 0.5) is 0 Å². The number of nitrogens with one attached hydrogen (secondary N) is 1. The zero-order valence-corrected chi connectivity index (χ0v) is 16.3. The van der Waals surface area contributed by atoms with Crippen molar-refractivity contribution in [1.29, 1.82) is 0 Å². The van der Waals surface area contributed by atoms with Crippen molar-refractivity contribution in [3.8, 4) is 17.0 Å². The second kappa shape index (κ2) is 7.30. The predicted octanol–water partition coefficient (Wildman–Crippen LogP) is 3.94. The van der Waals surface area contributed by atoms with Gasteiger partial charge in [0, 0.05) is 29.8 Å². The largest absolute Gasteiger partial charge is 0.507 e. The summed E-state index contributed by atoms with van der Waals surface area (Å²) in [5.41, 5.74) is 4.28. The number of aromatic amines is 1. The van der Waals surface area contributed by atoms with Crippen molar-refractivity contribution in [2.75, 3.05) is 20.3 Å². The fraction of sp³-hybridized carbons (Fsp3) is 0.238. The van der Waals surface area contributed by atoms with E-state index in [0.29, 0.717) is 35.1 Å². The van der Waals surface area contributed by atoms with Crippen molar-refractivity contribution >= 4 is 17.5 Å². The molecule has 1 unspecified atom stereocenters. The number of amides is 1. The lowest BCUT2D eigenvalue weighted by molar-refractivity contribution is 0.0677. The summed E-state index contributed by atoms with van der Waals surface area (Å²) in [6.07, 6.45) is 0. The van der Waals surface area contributed by atoms with Gasteiger partial charge in [0.15, 0.2) is 0 Å². The predicted molar refractivity (Wildman–Crippen MR) is 107 cm³/mol. The smallest absolute Gasteiger partial charge is 0.273 e. The summed E-state index contributed by atoms with van der Waals surface area (Å²) >= 11 is 6.14. The van der Waals surface area contributed by atoms with Crippen LogP contribution in [-0.2, 0) is 4.74 Å². The Bertz CT molecular complexity index is 1030. The minimum atomic E-state index is -0.328. The molecule has 6 nitrogen and oxygen atoms in total. The molecule has 0 saturated heterocycles. The van der Waals surface area contributed by atoms with E-state index in [1.807, 2.05) is 31.2 Å². The first-order valence-corrected chi connectivity index (χ1v) is 9.32. The lowest BCUT2D eigenvalue weighted by Crippen LogP contribution is -2.32. The zero-order valence-electron chi connectivity index (χ0n) is 15.6. The molecule has 0 spiro atoms. The van der Waals surface area contributed by atoms with Gasteiger partial charge in [-0.25, -0.2) is 0 Å². The van der Waals surface area contributed by atoms with Gasteiger partial charge in [-0.15, -0.1) is 0 Å². The van der Waals surface area contributed by atoms with Crippen LogP contribution in [-0.4, -0.2) is 46.4 Å². The van der Waals surface area contributed by atoms with E-state index in [4.69, 9.17) is 16.3 Å². The molecule has 28 heavy (non-hydrogen) atoms. The number of nitrogens with zero attached hydrogens (tertiary/aromatic N) is 2. The number of methoxy groups -OCH3 is 1. The molecule has 0 saturated carbocycles. The van der Waals surface area contributed by atoms with Crippen LogP contribution in [0.25, 0.3) is 11.3 Å². The van der Waals surface area contributed by atoms with Gasteiger partial charge in [0.1, 0.15) is 17.1 Å². The summed E-state index contributed by atoms with van der Waals surface area (Å²) in [6, 6.07) is 12.5. The van der Waals surface area contributed by atoms with Gasteiger partial charge in [-0.2, -0.15) is 5.10 Å². The van der Waals surface area contributed by atoms with Crippen molar-refractivity contribution < 1.29 is 14.6 Å². The maximum absolute atomic E-state index is 13.1. The Labute approximate surface area is 167 Å². The fourth-order valence-electron chi connectivity index (χ4n) is 3.62. The molecule has 2 N–H and O–H groups in total. The second-order valence-corrected chi connectivity index (χ2v) is 7.26. The van der Waals surface area contributed by atoms with Crippen molar-refractivity contribution in [3.63, 3.8) is 0 Å². The highest BCUT2D eigenvalue weighted by molar-refractivity contribution is 6.31. The quantitative estimate of drug-likeness (QED) is 0.683. The molecule has 1 amide bonds. The molecule has 3 aromatic rings. The van der Waals surface area contributed by atoms with Gasteiger partial charge in [0.25, 0.3) is 5.91 Å². The number of aryl methyl sites for hydroxylation is 1. The number of hydrogen-bond acceptors (Lipinski definition) is 4. The van der Waals surface area contributed by atoms with E-state index in [2.05, 4.69) is 10.2 Å². The van der Waals surface area contributed by atoms with Crippen molar-refractivity contribution in [3.05, 3.63) is 69.9 Å². The molecule has 1 aliphatic rings. The van der Waals surface area contributed by atoms with Gasteiger partial charge in [-0.1, -0.05) is 41.4 Å². The van der Waals surface area contributed by atoms with Crippen LogP contribution in [0.5, 0.6) is 5.75 Å². The van der Waals surface area contributed by atoms with E-state index < -0.39 is 0 Å². The number of phenolic OH excluding ortho intramolecular Hbond substituents is 1. The molecule has 1 atom stereocenters. The van der Waals surface area contributed by atoms with Crippen molar-refractivity contribution in [2.45, 2.75) is 13.0 Å². The lowest BCUT2D eigenvalue weighted by atomic mass is 9.95. The number of aromatic nitrogens is 2. The standard InChI is InChI=1S/C21H20ClN3O3/c1-12-3-5-13(6-4-12)20-17-18(15-11-14(22)7-8-16(15)26)23-24-19(17)21(27)25(20)9-10-28-2/h3-8,11,20,26H,9-10H2,1-2H3,(H,23,24). The first-order valence-electron chi connectivity index (χ1n) is 8.95. The first-order chi connectivity index (χ1) is 13.5. The Morgan fingerprint density at radius 1 is 1.25 bits per heavy atom. The number of phenols is 1. The van der Waals surface area contributed by atoms with Crippen LogP contribution in [0.2, 0.25) is 5.02 Å². The molecule has 2 heterocycles. The number of halogens is 1. The average molecular weight is 398 g/mol. The van der Waals surface area contributed by atoms with Gasteiger partial charge in [-0.3, -0.25) is 9.89 Å². The summed E-state index contributed by atoms with van der Waals surface area (Å²) in [5, 5.41) is 18.1. The highest BCUT2D eigenvalue weighted by Gasteiger charge is 2.42. The topological polar surface area (TPSA) is 78.5 Å². The molecule has 1 aliphatic heterocycles. The van der Waals surface area contributed by atoms with Crippen LogP contribution >= 0.6 is 11.6 Å². The number of fused-ring (bicyclic) bond motifs is 1. The Morgan fingerprint density at radius 3 is 2.71 bits per heavy atom. The van der Waals surface area contributed by atoms with E-state index in [9.17, 15) is 9.90 Å². The van der Waals surface area contributed by atoms with E-state index >= 15 is 0 Å². The number of H-pyrrole nitrogens is 1. The molecular formula is C21H20ClN3O3. The molecular weight excluding hydrogens is 378 g/mol. The second-order valence-electron chi connectivity index (χ2n) is 6.83. The third-order valence-electron chi connectivity index (χ3n) is 5.01. The van der Waals surface area contributed by atoms with Crippen LogP contribution in [0.3, 0.4) is 0 Å². The number of carbonyl (C=O) groups excluding carboxylic acids is 1. The Hall–Kier alpha value is -2.83. The molecule has 144 valence electrons. The van der Waals surface area contributed by atoms with Gasteiger partial charge in [0.05, 0.1) is 12.6 Å². The zero-order chi connectivity index (χ0) is 19.8. The number of benzene rings is 2. The number of ether oxygens (including phenoxy) is 1. The molecule has 1 aromatic heterocycles. The molecule has 0 fully saturated rings. The first kappa shape index (κ1) is 18.5. The third kappa shape index (κ3) is 3.04. The molecule has 0 aliphatic carbocycles. The summed E-state index contributed by atoms with van der Waals surface area (Å²) in [4.78, 5) is 14.8. The van der Waals surface area contributed by atoms with Gasteiger partial charge < -0.3 is 14.7 Å². The number of carbonyl (C=O) groups is 1. The number of aromatic hydroxyl groups is 1. The summed E-state index contributed by atoms with van der Waals surface area (Å²) in [5.74, 6) is -0.0814. The molecule has 4 rings (SSSR count). The Morgan fingerprint density at radius 2 is 2.00 bits per heavy atom. The van der Waals surface area contributed by atoms with Crippen LogP contribution in [0.15, 0.2) is 42.5 Å². The maximum atomic E-state index is 13.1. The highest BCUT2D eigenvalue weighted by Crippen LogP contribution is 2.44. The van der Waals surface area contributed by atoms with E-state index in [1.54, 1.807) is 24.1 Å². The molecule has 7 heteroatoms. The minimum Gasteiger partial charge on any atom is -0.507 e. The van der Waals surface area contributed by atoms with E-state index in [0.717, 1.165) is 16.7 Å². The van der Waals surface area contributed by atoms with Gasteiger partial charge >= 0.3 is 0 Å². The average Bonchev–Trinajstić information content (AvgIpc) is 3.22. The van der Waals surface area contributed by atoms with Crippen molar-refractivity contribution in [1.82, 2.24) is 15.1 Å². The fourth-order valence-corrected chi connectivity index (χ4v) is 3.79. The van der Waals surface area contributed by atoms with Crippen LogP contribution < -0.4 is 0 Å². The Balaban J connectivity index is 1.89. The molecule has 2 aromatic carbocycles. The highest BCUT2D eigenvalue weighted by atomic mass is 35.5. The van der Waals surface area contributed by atoms with Crippen LogP contribution in [0, 0.1) is 6.92 Å². The minimum absolute atomic E-state index is 0.0594. The van der Waals surface area contributed by atoms with Gasteiger partial charge in [-0.05, 0) is 30.7 Å². The SMILES string of the molecule is COCCN1C(=O)c2[nH]nc(-c3cc(Cl)ccc3O)c2C1c1ccc(C)cc1. The molecule has 0 radical (unpaired) electrons. The normalized spacial score (nSPS) is 15.9. The van der Waals surface area contributed by atoms with Crippen LogP contribution in [0.1, 0.15) is 33.2 Å². The summed E-state index contributed by atoms with van der Waals surface area (Å²) in [6.45, 7) is 2.88. The lowest BCUT2D eigenvalue weighted by Gasteiger charge is -2.26. The van der Waals surface area contributed by atoms with E-state index in [1.165, 1.54) is 6.07 Å². The number of rotatable bonds is 5. The van der Waals surface area contributed by atoms with E-state index in [-0.39, 0.29) is 17.7 Å². The molecule has 0 bridgehead atoms. The van der Waals surface area contributed by atoms with Gasteiger partial charge in [0.2, 0.25) is 0 Å². The maximum Gasteiger partial charge on any atom is 0.273 e. The monoisotopic (exact) mass is 397 g/mol.